The van der Waals surface area contributed by atoms with Crippen LogP contribution in [0.1, 0.15) is 42.9 Å². The van der Waals surface area contributed by atoms with Gasteiger partial charge in [0, 0.05) is 16.6 Å². The topological polar surface area (TPSA) is 75.3 Å². The Hall–Kier alpha value is -2.61. The van der Waals surface area contributed by atoms with Crippen molar-refractivity contribution in [2.75, 3.05) is 5.32 Å². The monoisotopic (exact) mass is 480 g/mol. The minimum absolute atomic E-state index is 0.00442. The molecule has 3 aromatic rings. The standard InChI is InChI=1S/C26H28N2O3S2/c29-26(25(20-10-4-1-5-11-20)32-23-14-8-3-9-15-23)27-21-16-18-24(19-17-21)33(30,31)28-22-12-6-2-7-13-22/h1,3-5,8-11,14-19,22,25,28H,2,6-7,12-13H2,(H,27,29)/t25-/m1/s1. The van der Waals surface area contributed by atoms with E-state index in [1.54, 1.807) is 24.3 Å². The smallest absolute Gasteiger partial charge is 0.242 e. The summed E-state index contributed by atoms with van der Waals surface area (Å²) in [6.07, 6.45) is 5.04. The van der Waals surface area contributed by atoms with Gasteiger partial charge in [-0.05, 0) is 54.8 Å². The first-order chi connectivity index (χ1) is 16.0. The lowest BCUT2D eigenvalue weighted by atomic mass is 9.96. The highest BCUT2D eigenvalue weighted by molar-refractivity contribution is 8.00. The molecule has 5 nitrogen and oxygen atoms in total. The van der Waals surface area contributed by atoms with Crippen molar-refractivity contribution in [2.24, 2.45) is 0 Å². The first-order valence-corrected chi connectivity index (χ1v) is 13.6. The quantitative estimate of drug-likeness (QED) is 0.401. The number of sulfonamides is 1. The van der Waals surface area contributed by atoms with Crippen LogP contribution in [0.5, 0.6) is 0 Å². The fourth-order valence-electron chi connectivity index (χ4n) is 3.97. The van der Waals surface area contributed by atoms with Crippen molar-refractivity contribution in [3.8, 4) is 0 Å². The fraction of sp³-hybridized carbons (Fsp3) is 0.269. The summed E-state index contributed by atoms with van der Waals surface area (Å²) in [6.45, 7) is 0. The number of rotatable bonds is 8. The summed E-state index contributed by atoms with van der Waals surface area (Å²) in [5, 5.41) is 2.51. The second-order valence-electron chi connectivity index (χ2n) is 8.19. The molecule has 0 spiro atoms. The SMILES string of the molecule is O=C(Nc1ccc(S(=O)(=O)NC2CCCCC2)cc1)[C@H](Sc1ccccc1)c1ccccc1. The molecule has 0 radical (unpaired) electrons. The van der Waals surface area contributed by atoms with Crippen LogP contribution in [0.2, 0.25) is 0 Å². The molecule has 0 bridgehead atoms. The Balaban J connectivity index is 1.46. The van der Waals surface area contributed by atoms with E-state index in [0.29, 0.717) is 5.69 Å². The molecule has 33 heavy (non-hydrogen) atoms. The van der Waals surface area contributed by atoms with E-state index in [1.807, 2.05) is 60.7 Å². The van der Waals surface area contributed by atoms with Gasteiger partial charge >= 0.3 is 0 Å². The van der Waals surface area contributed by atoms with Crippen LogP contribution in [-0.2, 0) is 14.8 Å². The molecule has 1 saturated carbocycles. The van der Waals surface area contributed by atoms with Crippen molar-refractivity contribution in [3.63, 3.8) is 0 Å². The van der Waals surface area contributed by atoms with Gasteiger partial charge in [0.2, 0.25) is 15.9 Å². The Morgan fingerprint density at radius 3 is 2.06 bits per heavy atom. The number of nitrogens with one attached hydrogen (secondary N) is 2. The summed E-state index contributed by atoms with van der Waals surface area (Å²) in [7, 11) is -3.57. The number of thioether (sulfide) groups is 1. The van der Waals surface area contributed by atoms with E-state index in [1.165, 1.54) is 18.2 Å². The van der Waals surface area contributed by atoms with Gasteiger partial charge in [0.15, 0.2) is 0 Å². The van der Waals surface area contributed by atoms with Gasteiger partial charge in [0.05, 0.1) is 4.90 Å². The summed E-state index contributed by atoms with van der Waals surface area (Å²) in [5.41, 5.74) is 1.46. The minimum Gasteiger partial charge on any atom is -0.325 e. The molecule has 1 amide bonds. The third-order valence-corrected chi connectivity index (χ3v) is 8.50. The van der Waals surface area contributed by atoms with E-state index in [4.69, 9.17) is 0 Å². The Morgan fingerprint density at radius 2 is 1.42 bits per heavy atom. The van der Waals surface area contributed by atoms with Gasteiger partial charge in [-0.25, -0.2) is 13.1 Å². The predicted molar refractivity (Wildman–Crippen MR) is 134 cm³/mol. The molecular formula is C26H28N2O3S2. The maximum absolute atomic E-state index is 13.2. The zero-order valence-corrected chi connectivity index (χ0v) is 19.9. The lowest BCUT2D eigenvalue weighted by molar-refractivity contribution is -0.115. The molecular weight excluding hydrogens is 452 g/mol. The molecule has 1 aliphatic rings. The molecule has 0 aliphatic heterocycles. The van der Waals surface area contributed by atoms with E-state index < -0.39 is 15.3 Å². The highest BCUT2D eigenvalue weighted by Gasteiger charge is 2.24. The van der Waals surface area contributed by atoms with Gasteiger partial charge in [-0.3, -0.25) is 4.79 Å². The van der Waals surface area contributed by atoms with Gasteiger partial charge < -0.3 is 5.32 Å². The summed E-state index contributed by atoms with van der Waals surface area (Å²) < 4.78 is 28.3. The maximum Gasteiger partial charge on any atom is 0.242 e. The maximum atomic E-state index is 13.2. The molecule has 1 aliphatic carbocycles. The van der Waals surface area contributed by atoms with Crippen LogP contribution in [0.3, 0.4) is 0 Å². The van der Waals surface area contributed by atoms with Crippen LogP contribution >= 0.6 is 11.8 Å². The molecule has 0 heterocycles. The Labute approximate surface area is 200 Å². The van der Waals surface area contributed by atoms with Crippen LogP contribution in [0.25, 0.3) is 0 Å². The average molecular weight is 481 g/mol. The van der Waals surface area contributed by atoms with Crippen LogP contribution in [0.15, 0.2) is 94.7 Å². The van der Waals surface area contributed by atoms with Gasteiger partial charge in [0.1, 0.15) is 5.25 Å². The predicted octanol–water partition coefficient (Wildman–Crippen LogP) is 5.77. The molecule has 0 aromatic heterocycles. The number of amides is 1. The number of anilines is 1. The molecule has 1 fully saturated rings. The van der Waals surface area contributed by atoms with E-state index in [2.05, 4.69) is 10.0 Å². The normalized spacial score (nSPS) is 15.6. The van der Waals surface area contributed by atoms with Gasteiger partial charge in [-0.2, -0.15) is 0 Å². The van der Waals surface area contributed by atoms with Gasteiger partial charge in [0.25, 0.3) is 0 Å². The molecule has 2 N–H and O–H groups in total. The number of carbonyl (C=O) groups excluding carboxylic acids is 1. The number of hydrogen-bond acceptors (Lipinski definition) is 4. The van der Waals surface area contributed by atoms with Crippen LogP contribution < -0.4 is 10.0 Å². The fourth-order valence-corrected chi connectivity index (χ4v) is 6.32. The Morgan fingerprint density at radius 1 is 0.818 bits per heavy atom. The molecule has 7 heteroatoms. The third-order valence-electron chi connectivity index (χ3n) is 5.70. The lowest BCUT2D eigenvalue weighted by Crippen LogP contribution is -2.36. The average Bonchev–Trinajstić information content (AvgIpc) is 2.84. The van der Waals surface area contributed by atoms with Crippen molar-refractivity contribution in [1.29, 1.82) is 0 Å². The second kappa shape index (κ2) is 11.0. The molecule has 3 aromatic carbocycles. The number of carbonyl (C=O) groups is 1. The largest absolute Gasteiger partial charge is 0.325 e. The zero-order valence-electron chi connectivity index (χ0n) is 18.3. The van der Waals surface area contributed by atoms with Crippen molar-refractivity contribution in [2.45, 2.75) is 53.2 Å². The molecule has 4 rings (SSSR count). The van der Waals surface area contributed by atoms with Gasteiger partial charge in [-0.1, -0.05) is 67.8 Å². The summed E-state index contributed by atoms with van der Waals surface area (Å²) in [4.78, 5) is 14.4. The lowest BCUT2D eigenvalue weighted by Gasteiger charge is -2.22. The molecule has 0 saturated heterocycles. The van der Waals surface area contributed by atoms with Crippen LogP contribution in [-0.4, -0.2) is 20.4 Å². The van der Waals surface area contributed by atoms with Crippen molar-refractivity contribution >= 4 is 33.4 Å². The second-order valence-corrected chi connectivity index (χ2v) is 11.1. The van der Waals surface area contributed by atoms with E-state index in [-0.39, 0.29) is 16.8 Å². The number of hydrogen-bond donors (Lipinski definition) is 2. The van der Waals surface area contributed by atoms with E-state index in [0.717, 1.165) is 36.1 Å². The van der Waals surface area contributed by atoms with Crippen molar-refractivity contribution in [3.05, 3.63) is 90.5 Å². The first-order valence-electron chi connectivity index (χ1n) is 11.2. The minimum atomic E-state index is -3.57. The van der Waals surface area contributed by atoms with Crippen molar-refractivity contribution < 1.29 is 13.2 Å². The van der Waals surface area contributed by atoms with Crippen molar-refractivity contribution in [1.82, 2.24) is 4.72 Å². The highest BCUT2D eigenvalue weighted by Crippen LogP contribution is 2.36. The van der Waals surface area contributed by atoms with Crippen LogP contribution in [0, 0.1) is 0 Å². The Bertz CT molecular complexity index is 1150. The first kappa shape index (κ1) is 23.5. The van der Waals surface area contributed by atoms with Gasteiger partial charge in [-0.15, -0.1) is 11.8 Å². The Kier molecular flexibility index (Phi) is 7.85. The third kappa shape index (κ3) is 6.47. The molecule has 172 valence electrons. The zero-order chi connectivity index (χ0) is 23.1. The van der Waals surface area contributed by atoms with E-state index >= 15 is 0 Å². The molecule has 0 unspecified atom stereocenters. The number of benzene rings is 3. The van der Waals surface area contributed by atoms with E-state index in [9.17, 15) is 13.2 Å². The molecule has 1 atom stereocenters. The summed E-state index contributed by atoms with van der Waals surface area (Å²) in [6, 6.07) is 25.8. The highest BCUT2D eigenvalue weighted by atomic mass is 32.2. The summed E-state index contributed by atoms with van der Waals surface area (Å²) in [5.74, 6) is -0.161. The van der Waals surface area contributed by atoms with Crippen LogP contribution in [0.4, 0.5) is 5.69 Å². The summed E-state index contributed by atoms with van der Waals surface area (Å²) >= 11 is 1.48.